The van der Waals surface area contributed by atoms with Crippen molar-refractivity contribution >= 4 is 21.6 Å². The Morgan fingerprint density at radius 3 is 2.27 bits per heavy atom. The van der Waals surface area contributed by atoms with Crippen LogP contribution >= 0.6 is 0 Å². The topological polar surface area (TPSA) is 93.7 Å². The summed E-state index contributed by atoms with van der Waals surface area (Å²) in [5.41, 5.74) is 0.788. The fraction of sp³-hybridized carbons (Fsp3) is 0.350. The van der Waals surface area contributed by atoms with Crippen LogP contribution in [0, 0.1) is 0 Å². The Bertz CT molecular complexity index is 950. The number of carbonyl (C=O) groups is 1. The van der Waals surface area contributed by atoms with Crippen molar-refractivity contribution in [2.75, 3.05) is 10.5 Å². The zero-order chi connectivity index (χ0) is 22.3. The Kier molecular flexibility index (Phi) is 7.99. The van der Waals surface area contributed by atoms with Gasteiger partial charge in [0, 0.05) is 5.69 Å². The highest BCUT2D eigenvalue weighted by atomic mass is 32.2. The van der Waals surface area contributed by atoms with Crippen molar-refractivity contribution in [1.82, 2.24) is 5.32 Å². The summed E-state index contributed by atoms with van der Waals surface area (Å²) < 4.78 is 61.3. The summed E-state index contributed by atoms with van der Waals surface area (Å²) in [5, 5.41) is 2.53. The molecule has 0 saturated heterocycles. The molecule has 1 unspecified atom stereocenters. The first-order valence-electron chi connectivity index (χ1n) is 9.15. The molecule has 10 heteroatoms. The van der Waals surface area contributed by atoms with Gasteiger partial charge in [-0.15, -0.1) is 0 Å². The van der Waals surface area contributed by atoms with Gasteiger partial charge in [-0.2, -0.15) is 8.78 Å². The van der Waals surface area contributed by atoms with E-state index in [0.29, 0.717) is 17.0 Å². The number of hydrogen-bond acceptors (Lipinski definition) is 5. The van der Waals surface area contributed by atoms with E-state index in [1.54, 1.807) is 25.1 Å². The van der Waals surface area contributed by atoms with E-state index in [4.69, 9.17) is 4.74 Å². The monoisotopic (exact) mass is 442 g/mol. The van der Waals surface area contributed by atoms with Crippen LogP contribution < -0.4 is 19.5 Å². The molecular formula is C20H24F2N2O5S. The maximum Gasteiger partial charge on any atom is 0.387 e. The molecule has 0 aliphatic carbocycles. The smallest absolute Gasteiger partial charge is 0.387 e. The number of halogens is 2. The molecule has 164 valence electrons. The molecule has 0 saturated carbocycles. The van der Waals surface area contributed by atoms with E-state index in [9.17, 15) is 22.0 Å². The molecule has 1 atom stereocenters. The molecule has 7 nitrogen and oxygen atoms in total. The Morgan fingerprint density at radius 1 is 1.00 bits per heavy atom. The second kappa shape index (κ2) is 10.2. The summed E-state index contributed by atoms with van der Waals surface area (Å²) in [6.45, 7) is 2.39. The highest BCUT2D eigenvalue weighted by Crippen LogP contribution is 2.21. The average Bonchev–Trinajstić information content (AvgIpc) is 2.61. The lowest BCUT2D eigenvalue weighted by atomic mass is 10.1. The van der Waals surface area contributed by atoms with E-state index in [-0.39, 0.29) is 11.9 Å². The largest absolute Gasteiger partial charge is 0.491 e. The zero-order valence-electron chi connectivity index (χ0n) is 16.8. The van der Waals surface area contributed by atoms with Gasteiger partial charge in [0.2, 0.25) is 15.9 Å². The third kappa shape index (κ3) is 7.86. The Balaban J connectivity index is 1.94. The van der Waals surface area contributed by atoms with Crippen molar-refractivity contribution in [2.24, 2.45) is 0 Å². The number of amides is 1. The molecule has 0 aromatic heterocycles. The maximum absolute atomic E-state index is 12.3. The molecule has 2 rings (SSSR count). The van der Waals surface area contributed by atoms with Gasteiger partial charge in [0.25, 0.3) is 0 Å². The standard InChI is InChI=1S/C20H24F2N2O5S/c1-13(2)28-17-9-7-16(8-10-17)24-30(26,27)12-19(25)23-14(3)15-5-4-6-18(11-15)29-20(21)22/h4-11,13-14,20,24H,12H2,1-3H3,(H,23,25). The summed E-state index contributed by atoms with van der Waals surface area (Å²) in [5.74, 6) is -0.996. The van der Waals surface area contributed by atoms with Gasteiger partial charge in [-0.1, -0.05) is 12.1 Å². The number of benzene rings is 2. The predicted octanol–water partition coefficient (Wildman–Crippen LogP) is 3.69. The molecule has 0 radical (unpaired) electrons. The quantitative estimate of drug-likeness (QED) is 0.585. The molecule has 1 amide bonds. The van der Waals surface area contributed by atoms with Crippen molar-refractivity contribution in [2.45, 2.75) is 39.5 Å². The predicted molar refractivity (Wildman–Crippen MR) is 109 cm³/mol. The van der Waals surface area contributed by atoms with E-state index < -0.39 is 34.3 Å². The molecule has 2 aromatic carbocycles. The lowest BCUT2D eigenvalue weighted by molar-refractivity contribution is -0.119. The number of sulfonamides is 1. The van der Waals surface area contributed by atoms with Gasteiger partial charge in [-0.3, -0.25) is 9.52 Å². The summed E-state index contributed by atoms with van der Waals surface area (Å²) in [7, 11) is -3.95. The molecule has 2 aromatic rings. The molecule has 0 aliphatic heterocycles. The van der Waals surface area contributed by atoms with Crippen LogP contribution in [0.5, 0.6) is 11.5 Å². The number of nitrogens with one attached hydrogen (secondary N) is 2. The fourth-order valence-electron chi connectivity index (χ4n) is 2.59. The maximum atomic E-state index is 12.3. The number of hydrogen-bond donors (Lipinski definition) is 2. The molecule has 30 heavy (non-hydrogen) atoms. The number of anilines is 1. The van der Waals surface area contributed by atoms with Gasteiger partial charge in [-0.05, 0) is 62.7 Å². The number of alkyl halides is 2. The lowest BCUT2D eigenvalue weighted by Crippen LogP contribution is -2.34. The highest BCUT2D eigenvalue weighted by Gasteiger charge is 2.19. The highest BCUT2D eigenvalue weighted by molar-refractivity contribution is 7.93. The Hall–Kier alpha value is -2.88. The Labute approximate surface area is 174 Å². The third-order valence-electron chi connectivity index (χ3n) is 3.78. The van der Waals surface area contributed by atoms with Crippen molar-refractivity contribution in [3.05, 3.63) is 54.1 Å². The summed E-state index contributed by atoms with van der Waals surface area (Å²) in [6, 6.07) is 11.5. The average molecular weight is 442 g/mol. The van der Waals surface area contributed by atoms with Gasteiger partial charge >= 0.3 is 6.61 Å². The molecular weight excluding hydrogens is 418 g/mol. The van der Waals surface area contributed by atoms with Crippen LogP contribution in [0.4, 0.5) is 14.5 Å². The second-order valence-corrected chi connectivity index (χ2v) is 8.51. The molecule has 0 heterocycles. The SMILES string of the molecule is CC(C)Oc1ccc(NS(=O)(=O)CC(=O)NC(C)c2cccc(OC(F)F)c2)cc1. The minimum atomic E-state index is -3.95. The lowest BCUT2D eigenvalue weighted by Gasteiger charge is -2.16. The van der Waals surface area contributed by atoms with Crippen LogP contribution in [-0.4, -0.2) is 32.8 Å². The molecule has 0 aliphatic rings. The van der Waals surface area contributed by atoms with Crippen LogP contribution in [-0.2, 0) is 14.8 Å². The van der Waals surface area contributed by atoms with Crippen molar-refractivity contribution in [3.63, 3.8) is 0 Å². The van der Waals surface area contributed by atoms with E-state index in [2.05, 4.69) is 14.8 Å². The number of carbonyl (C=O) groups excluding carboxylic acids is 1. The first-order chi connectivity index (χ1) is 14.0. The van der Waals surface area contributed by atoms with Gasteiger partial charge in [0.15, 0.2) is 0 Å². The first kappa shape index (κ1) is 23.4. The van der Waals surface area contributed by atoms with Crippen LogP contribution in [0.25, 0.3) is 0 Å². The second-order valence-electron chi connectivity index (χ2n) is 6.79. The van der Waals surface area contributed by atoms with Crippen molar-refractivity contribution < 1.29 is 31.5 Å². The molecule has 0 bridgehead atoms. The van der Waals surface area contributed by atoms with E-state index in [0.717, 1.165) is 0 Å². The van der Waals surface area contributed by atoms with Crippen LogP contribution in [0.1, 0.15) is 32.4 Å². The van der Waals surface area contributed by atoms with Crippen LogP contribution in [0.15, 0.2) is 48.5 Å². The van der Waals surface area contributed by atoms with Crippen LogP contribution in [0.2, 0.25) is 0 Å². The molecule has 0 fully saturated rings. The van der Waals surface area contributed by atoms with Crippen molar-refractivity contribution in [3.8, 4) is 11.5 Å². The van der Waals surface area contributed by atoms with Gasteiger partial charge in [-0.25, -0.2) is 8.42 Å². The van der Waals surface area contributed by atoms with E-state index in [1.165, 1.54) is 30.3 Å². The Morgan fingerprint density at radius 2 is 1.67 bits per heavy atom. The summed E-state index contributed by atoms with van der Waals surface area (Å²) >= 11 is 0. The normalized spacial score (nSPS) is 12.5. The zero-order valence-corrected chi connectivity index (χ0v) is 17.6. The summed E-state index contributed by atoms with van der Waals surface area (Å²) in [4.78, 5) is 12.2. The fourth-order valence-corrected chi connectivity index (χ4v) is 3.58. The third-order valence-corrected chi connectivity index (χ3v) is 4.97. The molecule has 2 N–H and O–H groups in total. The van der Waals surface area contributed by atoms with E-state index >= 15 is 0 Å². The van der Waals surface area contributed by atoms with E-state index in [1.807, 2.05) is 13.8 Å². The molecule has 0 spiro atoms. The first-order valence-corrected chi connectivity index (χ1v) is 10.8. The summed E-state index contributed by atoms with van der Waals surface area (Å²) in [6.07, 6.45) is -0.0131. The minimum Gasteiger partial charge on any atom is -0.491 e. The van der Waals surface area contributed by atoms with Gasteiger partial charge in [0.05, 0.1) is 12.1 Å². The number of rotatable bonds is 10. The van der Waals surface area contributed by atoms with Gasteiger partial charge < -0.3 is 14.8 Å². The van der Waals surface area contributed by atoms with Gasteiger partial charge in [0.1, 0.15) is 17.3 Å². The minimum absolute atomic E-state index is 0.0131. The number of ether oxygens (including phenoxy) is 2. The van der Waals surface area contributed by atoms with Crippen molar-refractivity contribution in [1.29, 1.82) is 0 Å². The van der Waals surface area contributed by atoms with Crippen LogP contribution in [0.3, 0.4) is 0 Å².